The highest BCUT2D eigenvalue weighted by atomic mass is 32.1. The SMILES string of the molecule is COC(=O)[C@H]1CCCN(CCc2scnc2C)C1. The van der Waals surface area contributed by atoms with Gasteiger partial charge in [0.15, 0.2) is 0 Å². The lowest BCUT2D eigenvalue weighted by Crippen LogP contribution is -2.40. The zero-order valence-electron chi connectivity index (χ0n) is 11.0. The Kier molecular flexibility index (Phi) is 4.72. The van der Waals surface area contributed by atoms with E-state index >= 15 is 0 Å². The number of aromatic nitrogens is 1. The number of hydrogen-bond donors (Lipinski definition) is 0. The van der Waals surface area contributed by atoms with Gasteiger partial charge in [-0.2, -0.15) is 0 Å². The van der Waals surface area contributed by atoms with Gasteiger partial charge in [0, 0.05) is 18.0 Å². The van der Waals surface area contributed by atoms with Crippen LogP contribution in [0.1, 0.15) is 23.4 Å². The van der Waals surface area contributed by atoms with Gasteiger partial charge in [0.2, 0.25) is 0 Å². The summed E-state index contributed by atoms with van der Waals surface area (Å²) in [5.41, 5.74) is 3.04. The number of carbonyl (C=O) groups excluding carboxylic acids is 1. The van der Waals surface area contributed by atoms with Gasteiger partial charge in [-0.05, 0) is 32.7 Å². The topological polar surface area (TPSA) is 42.4 Å². The van der Waals surface area contributed by atoms with E-state index in [1.54, 1.807) is 11.3 Å². The summed E-state index contributed by atoms with van der Waals surface area (Å²) in [5.74, 6) is -0.0000199. The Morgan fingerprint density at radius 1 is 1.67 bits per heavy atom. The summed E-state index contributed by atoms with van der Waals surface area (Å²) in [6, 6.07) is 0. The fourth-order valence-corrected chi connectivity index (χ4v) is 3.21. The van der Waals surface area contributed by atoms with Crippen molar-refractivity contribution in [3.05, 3.63) is 16.1 Å². The summed E-state index contributed by atoms with van der Waals surface area (Å²) in [4.78, 5) is 19.5. The molecule has 1 aromatic heterocycles. The first-order valence-electron chi connectivity index (χ1n) is 6.40. The lowest BCUT2D eigenvalue weighted by atomic mass is 9.98. The van der Waals surface area contributed by atoms with E-state index in [0.29, 0.717) is 0 Å². The maximum atomic E-state index is 11.5. The molecule has 2 heterocycles. The molecule has 1 aromatic rings. The van der Waals surface area contributed by atoms with Gasteiger partial charge in [0.1, 0.15) is 0 Å². The molecule has 1 aliphatic rings. The smallest absolute Gasteiger partial charge is 0.309 e. The lowest BCUT2D eigenvalue weighted by molar-refractivity contribution is -0.147. The number of carbonyl (C=O) groups is 1. The van der Waals surface area contributed by atoms with Crippen LogP contribution in [0.3, 0.4) is 0 Å². The molecule has 100 valence electrons. The summed E-state index contributed by atoms with van der Waals surface area (Å²) >= 11 is 1.72. The van der Waals surface area contributed by atoms with Crippen LogP contribution in [-0.2, 0) is 16.0 Å². The maximum absolute atomic E-state index is 11.5. The number of piperidine rings is 1. The van der Waals surface area contributed by atoms with Crippen molar-refractivity contribution < 1.29 is 9.53 Å². The number of rotatable bonds is 4. The Labute approximate surface area is 112 Å². The third-order valence-corrected chi connectivity index (χ3v) is 4.53. The van der Waals surface area contributed by atoms with Gasteiger partial charge in [-0.1, -0.05) is 0 Å². The number of hydrogen-bond acceptors (Lipinski definition) is 5. The van der Waals surface area contributed by atoms with E-state index in [4.69, 9.17) is 4.74 Å². The van der Waals surface area contributed by atoms with Crippen molar-refractivity contribution >= 4 is 17.3 Å². The normalized spacial score (nSPS) is 20.9. The molecule has 0 bridgehead atoms. The van der Waals surface area contributed by atoms with Crippen molar-refractivity contribution in [1.82, 2.24) is 9.88 Å². The summed E-state index contributed by atoms with van der Waals surface area (Å²) in [6.45, 7) is 4.99. The van der Waals surface area contributed by atoms with Gasteiger partial charge in [-0.15, -0.1) is 11.3 Å². The minimum absolute atomic E-state index is 0.0614. The number of aryl methyl sites for hydroxylation is 1. The van der Waals surface area contributed by atoms with Gasteiger partial charge in [0.25, 0.3) is 0 Å². The fourth-order valence-electron chi connectivity index (χ4n) is 2.44. The van der Waals surface area contributed by atoms with Crippen molar-refractivity contribution in [1.29, 1.82) is 0 Å². The quantitative estimate of drug-likeness (QED) is 0.782. The molecule has 1 aliphatic heterocycles. The molecule has 1 fully saturated rings. The molecule has 1 atom stereocenters. The minimum atomic E-state index is -0.0614. The molecule has 18 heavy (non-hydrogen) atoms. The standard InChI is InChI=1S/C13H20N2O2S/c1-10-12(18-9-14-10)5-7-15-6-3-4-11(8-15)13(16)17-2/h9,11H,3-8H2,1-2H3/t11-/m0/s1. The monoisotopic (exact) mass is 268 g/mol. The highest BCUT2D eigenvalue weighted by molar-refractivity contribution is 7.09. The van der Waals surface area contributed by atoms with Crippen LogP contribution in [0.4, 0.5) is 0 Å². The molecule has 4 nitrogen and oxygen atoms in total. The van der Waals surface area contributed by atoms with Crippen LogP contribution in [0.25, 0.3) is 0 Å². The Balaban J connectivity index is 1.83. The Bertz CT molecular complexity index is 405. The molecule has 1 saturated heterocycles. The zero-order valence-corrected chi connectivity index (χ0v) is 11.8. The number of methoxy groups -OCH3 is 1. The van der Waals surface area contributed by atoms with Crippen molar-refractivity contribution in [2.45, 2.75) is 26.2 Å². The Morgan fingerprint density at radius 3 is 3.17 bits per heavy atom. The van der Waals surface area contributed by atoms with Crippen LogP contribution in [0.15, 0.2) is 5.51 Å². The van der Waals surface area contributed by atoms with Crippen LogP contribution < -0.4 is 0 Å². The first-order chi connectivity index (χ1) is 8.70. The second-order valence-corrected chi connectivity index (χ2v) is 5.71. The van der Waals surface area contributed by atoms with Gasteiger partial charge in [-0.25, -0.2) is 4.98 Å². The van der Waals surface area contributed by atoms with E-state index in [2.05, 4.69) is 16.8 Å². The average Bonchev–Trinajstić information content (AvgIpc) is 2.81. The third-order valence-electron chi connectivity index (χ3n) is 3.54. The van der Waals surface area contributed by atoms with Gasteiger partial charge >= 0.3 is 5.97 Å². The van der Waals surface area contributed by atoms with Gasteiger partial charge in [-0.3, -0.25) is 4.79 Å². The number of esters is 1. The van der Waals surface area contributed by atoms with Crippen LogP contribution in [0.5, 0.6) is 0 Å². The van der Waals surface area contributed by atoms with Crippen molar-refractivity contribution in [2.24, 2.45) is 5.92 Å². The summed E-state index contributed by atoms with van der Waals surface area (Å²) < 4.78 is 4.83. The highest BCUT2D eigenvalue weighted by Crippen LogP contribution is 2.19. The molecule has 0 saturated carbocycles. The molecule has 5 heteroatoms. The van der Waals surface area contributed by atoms with Crippen LogP contribution in [-0.4, -0.2) is 42.6 Å². The molecule has 0 spiro atoms. The van der Waals surface area contributed by atoms with E-state index in [1.165, 1.54) is 12.0 Å². The fraction of sp³-hybridized carbons (Fsp3) is 0.692. The van der Waals surface area contributed by atoms with Crippen LogP contribution >= 0.6 is 11.3 Å². The molecular weight excluding hydrogens is 248 g/mol. The molecule has 0 aliphatic carbocycles. The molecule has 0 N–H and O–H groups in total. The first-order valence-corrected chi connectivity index (χ1v) is 7.28. The second-order valence-electron chi connectivity index (χ2n) is 4.77. The first kappa shape index (κ1) is 13.5. The van der Waals surface area contributed by atoms with Crippen molar-refractivity contribution in [3.8, 4) is 0 Å². The van der Waals surface area contributed by atoms with Crippen molar-refractivity contribution in [2.75, 3.05) is 26.7 Å². The molecular formula is C13H20N2O2S. The number of likely N-dealkylation sites (tertiary alicyclic amines) is 1. The number of nitrogens with zero attached hydrogens (tertiary/aromatic N) is 2. The molecule has 2 rings (SSSR count). The molecule has 0 radical (unpaired) electrons. The maximum Gasteiger partial charge on any atom is 0.309 e. The Morgan fingerprint density at radius 2 is 2.50 bits per heavy atom. The third kappa shape index (κ3) is 3.29. The Hall–Kier alpha value is -0.940. The number of thiazole rings is 1. The lowest BCUT2D eigenvalue weighted by Gasteiger charge is -2.31. The molecule has 0 amide bonds. The number of ether oxygens (including phenoxy) is 1. The highest BCUT2D eigenvalue weighted by Gasteiger charge is 2.26. The molecule has 0 unspecified atom stereocenters. The van der Waals surface area contributed by atoms with E-state index < -0.39 is 0 Å². The molecule has 0 aromatic carbocycles. The van der Waals surface area contributed by atoms with E-state index in [0.717, 1.165) is 44.6 Å². The van der Waals surface area contributed by atoms with Gasteiger partial charge < -0.3 is 9.64 Å². The average molecular weight is 268 g/mol. The summed E-state index contributed by atoms with van der Waals surface area (Å²) in [5, 5.41) is 0. The zero-order chi connectivity index (χ0) is 13.0. The van der Waals surface area contributed by atoms with E-state index in [1.807, 2.05) is 5.51 Å². The van der Waals surface area contributed by atoms with Crippen molar-refractivity contribution in [3.63, 3.8) is 0 Å². The van der Waals surface area contributed by atoms with Gasteiger partial charge in [0.05, 0.1) is 24.2 Å². The predicted octanol–water partition coefficient (Wildman–Crippen LogP) is 1.88. The predicted molar refractivity (Wildman–Crippen MR) is 71.7 cm³/mol. The van der Waals surface area contributed by atoms with Crippen LogP contribution in [0, 0.1) is 12.8 Å². The van der Waals surface area contributed by atoms with E-state index in [9.17, 15) is 4.79 Å². The summed E-state index contributed by atoms with van der Waals surface area (Å²) in [6.07, 6.45) is 3.08. The van der Waals surface area contributed by atoms with E-state index in [-0.39, 0.29) is 11.9 Å². The largest absolute Gasteiger partial charge is 0.469 e. The van der Waals surface area contributed by atoms with Crippen LogP contribution in [0.2, 0.25) is 0 Å². The minimum Gasteiger partial charge on any atom is -0.469 e. The second kappa shape index (κ2) is 6.29. The summed E-state index contributed by atoms with van der Waals surface area (Å²) in [7, 11) is 1.47.